The molecule has 1 N–H and O–H groups in total. The van der Waals surface area contributed by atoms with Crippen molar-refractivity contribution in [2.45, 2.75) is 24.7 Å². The van der Waals surface area contributed by atoms with Gasteiger partial charge in [-0.05, 0) is 48.6 Å². The predicted molar refractivity (Wildman–Crippen MR) is 103 cm³/mol. The van der Waals surface area contributed by atoms with E-state index in [9.17, 15) is 9.59 Å². The van der Waals surface area contributed by atoms with Crippen LogP contribution < -0.4 is 10.2 Å². The summed E-state index contributed by atoms with van der Waals surface area (Å²) in [5.74, 6) is -0.414. The highest BCUT2D eigenvalue weighted by molar-refractivity contribution is 7.98. The Morgan fingerprint density at radius 2 is 2.04 bits per heavy atom. The molecule has 3 rings (SSSR count). The Bertz CT molecular complexity index is 791. The molecule has 0 aliphatic carbocycles. The smallest absolute Gasteiger partial charge is 0.229 e. The second-order valence-electron chi connectivity index (χ2n) is 6.15. The van der Waals surface area contributed by atoms with E-state index in [-0.39, 0.29) is 24.2 Å². The van der Waals surface area contributed by atoms with Gasteiger partial charge in [-0.1, -0.05) is 25.1 Å². The van der Waals surface area contributed by atoms with Crippen molar-refractivity contribution in [2.75, 3.05) is 23.0 Å². The summed E-state index contributed by atoms with van der Waals surface area (Å²) in [7, 11) is 0. The Morgan fingerprint density at radius 3 is 2.80 bits per heavy atom. The molecule has 0 radical (unpaired) electrons. The van der Waals surface area contributed by atoms with Gasteiger partial charge in [0.15, 0.2) is 0 Å². The first-order valence-electron chi connectivity index (χ1n) is 8.45. The molecule has 1 aliphatic rings. The first kappa shape index (κ1) is 17.5. The van der Waals surface area contributed by atoms with Crippen LogP contribution in [0.1, 0.15) is 18.9 Å². The third kappa shape index (κ3) is 4.04. The van der Waals surface area contributed by atoms with E-state index >= 15 is 0 Å². The van der Waals surface area contributed by atoms with E-state index in [0.29, 0.717) is 6.54 Å². The summed E-state index contributed by atoms with van der Waals surface area (Å²) in [6, 6.07) is 15.7. The average molecular weight is 354 g/mol. The normalized spacial score (nSPS) is 17.0. The zero-order valence-electron chi connectivity index (χ0n) is 14.5. The van der Waals surface area contributed by atoms with Gasteiger partial charge in [-0.2, -0.15) is 0 Å². The van der Waals surface area contributed by atoms with E-state index < -0.39 is 0 Å². The van der Waals surface area contributed by atoms with Crippen molar-refractivity contribution < 1.29 is 9.59 Å². The van der Waals surface area contributed by atoms with Crippen LogP contribution in [-0.4, -0.2) is 24.6 Å². The lowest BCUT2D eigenvalue weighted by Crippen LogP contribution is -2.28. The molecule has 0 bridgehead atoms. The Labute approximate surface area is 152 Å². The molecule has 1 atom stereocenters. The minimum absolute atomic E-state index is 0.00580. The molecule has 5 heteroatoms. The molecule has 2 amide bonds. The number of hydrogen-bond acceptors (Lipinski definition) is 3. The van der Waals surface area contributed by atoms with Crippen LogP contribution >= 0.6 is 11.8 Å². The number of benzene rings is 2. The maximum Gasteiger partial charge on any atom is 0.229 e. The average Bonchev–Trinajstić information content (AvgIpc) is 3.04. The highest BCUT2D eigenvalue weighted by Gasteiger charge is 2.35. The van der Waals surface area contributed by atoms with E-state index in [1.54, 1.807) is 16.7 Å². The summed E-state index contributed by atoms with van der Waals surface area (Å²) in [5, 5.41) is 2.94. The summed E-state index contributed by atoms with van der Waals surface area (Å²) in [5.41, 5.74) is 2.84. The van der Waals surface area contributed by atoms with Crippen molar-refractivity contribution in [1.29, 1.82) is 0 Å². The molecule has 1 heterocycles. The number of nitrogens with one attached hydrogen (secondary N) is 1. The minimum atomic E-state index is -0.323. The largest absolute Gasteiger partial charge is 0.326 e. The number of rotatable bonds is 5. The number of carbonyl (C=O) groups is 2. The van der Waals surface area contributed by atoms with Crippen molar-refractivity contribution in [3.63, 3.8) is 0 Å². The van der Waals surface area contributed by atoms with Crippen molar-refractivity contribution in [1.82, 2.24) is 0 Å². The lowest BCUT2D eigenvalue weighted by Gasteiger charge is -2.17. The van der Waals surface area contributed by atoms with E-state index in [4.69, 9.17) is 0 Å². The number of thioether (sulfide) groups is 1. The van der Waals surface area contributed by atoms with Gasteiger partial charge < -0.3 is 10.2 Å². The van der Waals surface area contributed by atoms with Gasteiger partial charge in [0.05, 0.1) is 5.92 Å². The zero-order valence-corrected chi connectivity index (χ0v) is 15.3. The summed E-state index contributed by atoms with van der Waals surface area (Å²) in [6.45, 7) is 2.52. The molecule has 2 aromatic rings. The Hall–Kier alpha value is -2.27. The lowest BCUT2D eigenvalue weighted by atomic mass is 10.1. The van der Waals surface area contributed by atoms with Crippen LogP contribution in [0.4, 0.5) is 11.4 Å². The molecule has 1 aliphatic heterocycles. The van der Waals surface area contributed by atoms with Crippen molar-refractivity contribution >= 4 is 35.0 Å². The van der Waals surface area contributed by atoms with Gasteiger partial charge in [-0.3, -0.25) is 9.59 Å². The fraction of sp³-hybridized carbons (Fsp3) is 0.300. The van der Waals surface area contributed by atoms with Crippen LogP contribution in [0.25, 0.3) is 0 Å². The molecule has 4 nitrogen and oxygen atoms in total. The first-order valence-corrected chi connectivity index (χ1v) is 9.67. The topological polar surface area (TPSA) is 49.4 Å². The second kappa shape index (κ2) is 7.74. The second-order valence-corrected chi connectivity index (χ2v) is 7.03. The quantitative estimate of drug-likeness (QED) is 0.827. The van der Waals surface area contributed by atoms with Gasteiger partial charge in [-0.25, -0.2) is 0 Å². The molecule has 0 spiro atoms. The van der Waals surface area contributed by atoms with Crippen molar-refractivity contribution in [2.24, 2.45) is 5.92 Å². The van der Waals surface area contributed by atoms with Crippen LogP contribution in [0.5, 0.6) is 0 Å². The Morgan fingerprint density at radius 1 is 1.24 bits per heavy atom. The molecule has 1 fully saturated rings. The molecular weight excluding hydrogens is 332 g/mol. The van der Waals surface area contributed by atoms with Gasteiger partial charge in [0.2, 0.25) is 11.8 Å². The van der Waals surface area contributed by atoms with E-state index in [1.807, 2.05) is 54.8 Å². The molecule has 1 saturated heterocycles. The maximum atomic E-state index is 12.6. The molecule has 0 saturated carbocycles. The molecule has 2 aromatic carbocycles. The van der Waals surface area contributed by atoms with E-state index in [2.05, 4.69) is 12.2 Å². The van der Waals surface area contributed by atoms with Crippen molar-refractivity contribution in [3.8, 4) is 0 Å². The van der Waals surface area contributed by atoms with Crippen LogP contribution in [0, 0.1) is 5.92 Å². The third-order valence-corrected chi connectivity index (χ3v) is 5.19. The maximum absolute atomic E-state index is 12.6. The monoisotopic (exact) mass is 354 g/mol. The number of amides is 2. The zero-order chi connectivity index (χ0) is 17.8. The molecule has 25 heavy (non-hydrogen) atoms. The van der Waals surface area contributed by atoms with Gasteiger partial charge >= 0.3 is 0 Å². The van der Waals surface area contributed by atoms with Gasteiger partial charge in [0, 0.05) is 29.2 Å². The van der Waals surface area contributed by atoms with Gasteiger partial charge in [-0.15, -0.1) is 11.8 Å². The fourth-order valence-corrected chi connectivity index (χ4v) is 3.48. The van der Waals surface area contributed by atoms with E-state index in [1.165, 1.54) is 5.56 Å². The molecule has 0 unspecified atom stereocenters. The summed E-state index contributed by atoms with van der Waals surface area (Å²) in [6.07, 6.45) is 3.18. The first-order chi connectivity index (χ1) is 12.1. The third-order valence-electron chi connectivity index (χ3n) is 4.46. The number of nitrogens with zero attached hydrogens (tertiary/aromatic N) is 1. The fourth-order valence-electron chi connectivity index (χ4n) is 3.02. The predicted octanol–water partition coefficient (Wildman–Crippen LogP) is 3.96. The Kier molecular flexibility index (Phi) is 5.43. The number of hydrogen-bond donors (Lipinski definition) is 1. The highest BCUT2D eigenvalue weighted by atomic mass is 32.2. The summed E-state index contributed by atoms with van der Waals surface area (Å²) >= 11 is 1.63. The number of carbonyl (C=O) groups excluding carboxylic acids is 2. The summed E-state index contributed by atoms with van der Waals surface area (Å²) < 4.78 is 0. The van der Waals surface area contributed by atoms with Gasteiger partial charge in [0.1, 0.15) is 0 Å². The van der Waals surface area contributed by atoms with Crippen LogP contribution in [0.3, 0.4) is 0 Å². The lowest BCUT2D eigenvalue weighted by molar-refractivity contribution is -0.122. The standard InChI is InChI=1S/C20H22N2O2S/c1-3-14-6-4-8-17(10-14)22-13-15(11-19(22)23)20(24)21-16-7-5-9-18(12-16)25-2/h4-10,12,15H,3,11,13H2,1-2H3,(H,21,24)/t15-/m1/s1. The molecule has 130 valence electrons. The van der Waals surface area contributed by atoms with Crippen LogP contribution in [0.2, 0.25) is 0 Å². The molecular formula is C20H22N2O2S. The van der Waals surface area contributed by atoms with Crippen LogP contribution in [0.15, 0.2) is 53.4 Å². The van der Waals surface area contributed by atoms with Crippen molar-refractivity contribution in [3.05, 3.63) is 54.1 Å². The van der Waals surface area contributed by atoms with Crippen LogP contribution in [-0.2, 0) is 16.0 Å². The SMILES string of the molecule is CCc1cccc(N2C[C@H](C(=O)Nc3cccc(SC)c3)CC2=O)c1. The minimum Gasteiger partial charge on any atom is -0.326 e. The highest BCUT2D eigenvalue weighted by Crippen LogP contribution is 2.27. The molecule has 0 aromatic heterocycles. The van der Waals surface area contributed by atoms with Gasteiger partial charge in [0.25, 0.3) is 0 Å². The number of aryl methyl sites for hydroxylation is 1. The van der Waals surface area contributed by atoms with E-state index in [0.717, 1.165) is 22.7 Å². The summed E-state index contributed by atoms with van der Waals surface area (Å²) in [4.78, 5) is 27.8. The number of anilines is 2. The Balaban J connectivity index is 1.69.